The zero-order valence-corrected chi connectivity index (χ0v) is 16.6. The molecule has 0 radical (unpaired) electrons. The smallest absolute Gasteiger partial charge is 0.315 e. The molecule has 0 amide bonds. The first-order valence-corrected chi connectivity index (χ1v) is 10.5. The van der Waals surface area contributed by atoms with Crippen LogP contribution in [-0.4, -0.2) is 24.6 Å². The molecule has 1 saturated heterocycles. The largest absolute Gasteiger partial charge is 0.493 e. The summed E-state index contributed by atoms with van der Waals surface area (Å²) in [4.78, 5) is 12.3. The molecular formula is C18H16Cl2O3S2. The molecule has 7 heteroatoms. The lowest BCUT2D eigenvalue weighted by Gasteiger charge is -2.14. The van der Waals surface area contributed by atoms with Crippen LogP contribution in [-0.2, 0) is 11.2 Å². The molecule has 2 aromatic carbocycles. The summed E-state index contributed by atoms with van der Waals surface area (Å²) in [6.07, 6.45) is -0.00224. The Labute approximate surface area is 165 Å². The van der Waals surface area contributed by atoms with Crippen molar-refractivity contribution in [1.29, 1.82) is 0 Å². The highest BCUT2D eigenvalue weighted by Crippen LogP contribution is 2.47. The fraction of sp³-hybridized carbons (Fsp3) is 0.278. The molecule has 1 fully saturated rings. The van der Waals surface area contributed by atoms with E-state index in [-0.39, 0.29) is 6.42 Å². The fourth-order valence-electron chi connectivity index (χ4n) is 2.47. The van der Waals surface area contributed by atoms with Crippen molar-refractivity contribution in [3.8, 4) is 11.5 Å². The number of thioether (sulfide) groups is 2. The number of benzene rings is 2. The molecule has 2 aromatic rings. The van der Waals surface area contributed by atoms with Gasteiger partial charge in [0, 0.05) is 27.1 Å². The number of halogens is 2. The normalized spacial score (nSPS) is 14.5. The summed E-state index contributed by atoms with van der Waals surface area (Å²) in [6.45, 7) is 0. The molecule has 1 aliphatic rings. The molecule has 1 aliphatic heterocycles. The molecule has 132 valence electrons. The summed E-state index contributed by atoms with van der Waals surface area (Å²) in [5.41, 5.74) is 1.73. The number of carbonyl (C=O) groups excluding carboxylic acids is 1. The number of hydrogen-bond acceptors (Lipinski definition) is 5. The molecule has 0 unspecified atom stereocenters. The van der Waals surface area contributed by atoms with Gasteiger partial charge in [-0.2, -0.15) is 0 Å². The lowest BCUT2D eigenvalue weighted by molar-refractivity contribution is -0.133. The van der Waals surface area contributed by atoms with Crippen LogP contribution in [0.25, 0.3) is 0 Å². The van der Waals surface area contributed by atoms with Gasteiger partial charge < -0.3 is 9.47 Å². The highest BCUT2D eigenvalue weighted by Gasteiger charge is 2.21. The van der Waals surface area contributed by atoms with Crippen molar-refractivity contribution in [3.05, 3.63) is 57.6 Å². The number of rotatable bonds is 5. The number of methoxy groups -OCH3 is 1. The first-order valence-electron chi connectivity index (χ1n) is 7.63. The monoisotopic (exact) mass is 414 g/mol. The second-order valence-electron chi connectivity index (χ2n) is 5.33. The molecule has 0 saturated carbocycles. The summed E-state index contributed by atoms with van der Waals surface area (Å²) < 4.78 is 11.3. The Morgan fingerprint density at radius 2 is 1.80 bits per heavy atom. The van der Waals surface area contributed by atoms with Gasteiger partial charge in [-0.3, -0.25) is 4.79 Å². The van der Waals surface area contributed by atoms with E-state index in [2.05, 4.69) is 0 Å². The second-order valence-corrected chi connectivity index (χ2v) is 8.87. The number of esters is 1. The summed E-state index contributed by atoms with van der Waals surface area (Å²) in [7, 11) is 1.57. The highest BCUT2D eigenvalue weighted by atomic mass is 35.5. The molecule has 0 aliphatic carbocycles. The van der Waals surface area contributed by atoms with Gasteiger partial charge in [-0.25, -0.2) is 0 Å². The molecule has 0 spiro atoms. The van der Waals surface area contributed by atoms with Crippen molar-refractivity contribution >= 4 is 52.7 Å². The first-order chi connectivity index (χ1) is 12.1. The van der Waals surface area contributed by atoms with Crippen LogP contribution in [0.5, 0.6) is 11.5 Å². The van der Waals surface area contributed by atoms with Crippen LogP contribution in [0.4, 0.5) is 0 Å². The fourth-order valence-corrected chi connectivity index (χ4v) is 5.84. The quantitative estimate of drug-likeness (QED) is 0.467. The van der Waals surface area contributed by atoms with E-state index in [4.69, 9.17) is 32.7 Å². The van der Waals surface area contributed by atoms with Gasteiger partial charge in [-0.15, -0.1) is 23.5 Å². The van der Waals surface area contributed by atoms with Crippen LogP contribution in [0.15, 0.2) is 36.4 Å². The minimum absolute atomic E-state index is 0.00224. The predicted octanol–water partition coefficient (Wildman–Crippen LogP) is 5.63. The number of hydrogen-bond donors (Lipinski definition) is 0. The summed E-state index contributed by atoms with van der Waals surface area (Å²) in [6, 6.07) is 10.8. The molecule has 3 rings (SSSR count). The van der Waals surface area contributed by atoms with Gasteiger partial charge in [0.15, 0.2) is 11.5 Å². The lowest BCUT2D eigenvalue weighted by atomic mass is 10.1. The third-order valence-electron chi connectivity index (χ3n) is 3.69. The molecule has 0 N–H and O–H groups in total. The van der Waals surface area contributed by atoms with E-state index >= 15 is 0 Å². The Morgan fingerprint density at radius 3 is 2.44 bits per heavy atom. The molecular weight excluding hydrogens is 399 g/mol. The zero-order chi connectivity index (χ0) is 17.8. The van der Waals surface area contributed by atoms with E-state index in [1.54, 1.807) is 31.4 Å². The van der Waals surface area contributed by atoms with Gasteiger partial charge in [-0.05, 0) is 29.8 Å². The van der Waals surface area contributed by atoms with Crippen LogP contribution in [0.2, 0.25) is 10.0 Å². The van der Waals surface area contributed by atoms with Gasteiger partial charge >= 0.3 is 5.97 Å². The van der Waals surface area contributed by atoms with E-state index in [0.717, 1.165) is 11.5 Å². The third kappa shape index (κ3) is 4.59. The SMILES string of the molecule is COc1cc(C2SCCS2)ccc1OC(=O)Cc1c(Cl)cccc1Cl. The Bertz CT molecular complexity index is 757. The summed E-state index contributed by atoms with van der Waals surface area (Å²) in [5.74, 6) is 2.79. The van der Waals surface area contributed by atoms with Crippen molar-refractivity contribution in [2.45, 2.75) is 11.0 Å². The predicted molar refractivity (Wildman–Crippen MR) is 106 cm³/mol. The Morgan fingerprint density at radius 1 is 1.12 bits per heavy atom. The van der Waals surface area contributed by atoms with E-state index in [0.29, 0.717) is 31.7 Å². The van der Waals surface area contributed by atoms with Crippen LogP contribution >= 0.6 is 46.7 Å². The minimum atomic E-state index is -0.439. The maximum atomic E-state index is 12.3. The van der Waals surface area contributed by atoms with E-state index in [9.17, 15) is 4.79 Å². The third-order valence-corrected chi connectivity index (χ3v) is 7.50. The van der Waals surface area contributed by atoms with Crippen molar-refractivity contribution in [1.82, 2.24) is 0 Å². The highest BCUT2D eigenvalue weighted by molar-refractivity contribution is 8.19. The standard InChI is InChI=1S/C18H16Cl2O3S2/c1-22-16-9-11(18-24-7-8-25-18)5-6-15(16)23-17(21)10-12-13(19)3-2-4-14(12)20/h2-6,9,18H,7-8,10H2,1H3. The number of ether oxygens (including phenoxy) is 2. The van der Waals surface area contributed by atoms with Crippen molar-refractivity contribution < 1.29 is 14.3 Å². The average Bonchev–Trinajstić information content (AvgIpc) is 3.13. The maximum Gasteiger partial charge on any atom is 0.315 e. The number of carbonyl (C=O) groups is 1. The van der Waals surface area contributed by atoms with E-state index in [1.807, 2.05) is 35.7 Å². The van der Waals surface area contributed by atoms with Gasteiger partial charge in [0.2, 0.25) is 0 Å². The molecule has 25 heavy (non-hydrogen) atoms. The minimum Gasteiger partial charge on any atom is -0.493 e. The van der Waals surface area contributed by atoms with Crippen molar-refractivity contribution in [2.24, 2.45) is 0 Å². The Hall–Kier alpha value is -1.01. The topological polar surface area (TPSA) is 35.5 Å². The molecule has 0 atom stereocenters. The van der Waals surface area contributed by atoms with Crippen molar-refractivity contribution in [3.63, 3.8) is 0 Å². The second kappa shape index (κ2) is 8.58. The van der Waals surface area contributed by atoms with Gasteiger partial charge in [0.1, 0.15) is 0 Å². The van der Waals surface area contributed by atoms with E-state index < -0.39 is 5.97 Å². The van der Waals surface area contributed by atoms with Crippen LogP contribution < -0.4 is 9.47 Å². The average molecular weight is 415 g/mol. The van der Waals surface area contributed by atoms with Crippen LogP contribution in [0.1, 0.15) is 15.7 Å². The summed E-state index contributed by atoms with van der Waals surface area (Å²) >= 11 is 16.0. The maximum absolute atomic E-state index is 12.3. The van der Waals surface area contributed by atoms with Gasteiger partial charge in [0.25, 0.3) is 0 Å². The van der Waals surface area contributed by atoms with E-state index in [1.165, 1.54) is 5.56 Å². The zero-order valence-electron chi connectivity index (χ0n) is 13.5. The van der Waals surface area contributed by atoms with Crippen LogP contribution in [0, 0.1) is 0 Å². The van der Waals surface area contributed by atoms with Crippen LogP contribution in [0.3, 0.4) is 0 Å². The first kappa shape index (κ1) is 18.8. The summed E-state index contributed by atoms with van der Waals surface area (Å²) in [5, 5.41) is 0.893. The van der Waals surface area contributed by atoms with Crippen molar-refractivity contribution in [2.75, 3.05) is 18.6 Å². The molecule has 0 aromatic heterocycles. The van der Waals surface area contributed by atoms with Gasteiger partial charge in [-0.1, -0.05) is 35.3 Å². The Kier molecular flexibility index (Phi) is 6.44. The lowest BCUT2D eigenvalue weighted by Crippen LogP contribution is -2.12. The Balaban J connectivity index is 1.74. The molecule has 3 nitrogen and oxygen atoms in total. The molecule has 0 bridgehead atoms. The molecule has 1 heterocycles. The van der Waals surface area contributed by atoms with Gasteiger partial charge in [0.05, 0.1) is 18.1 Å².